The molecule has 112 valence electrons. The van der Waals surface area contributed by atoms with Gasteiger partial charge in [0.15, 0.2) is 6.10 Å². The molecular formula is C17H21NO3. The maximum absolute atomic E-state index is 12.0. The number of nitrogens with one attached hydrogen (secondary N) is 1. The first-order chi connectivity index (χ1) is 10.0. The Hall–Kier alpha value is -2.10. The molecule has 0 fully saturated rings. The summed E-state index contributed by atoms with van der Waals surface area (Å²) >= 11 is 0. The molecule has 1 aromatic rings. The molecule has 0 saturated heterocycles. The summed E-state index contributed by atoms with van der Waals surface area (Å²) in [5, 5.41) is 2.74. The lowest BCUT2D eigenvalue weighted by Gasteiger charge is -2.15. The van der Waals surface area contributed by atoms with Gasteiger partial charge in [0.05, 0.1) is 6.42 Å². The van der Waals surface area contributed by atoms with Crippen LogP contribution in [-0.2, 0) is 14.3 Å². The van der Waals surface area contributed by atoms with Crippen LogP contribution in [0.1, 0.15) is 31.7 Å². The predicted octanol–water partition coefficient (Wildman–Crippen LogP) is 3.22. The zero-order valence-electron chi connectivity index (χ0n) is 12.5. The van der Waals surface area contributed by atoms with E-state index in [4.69, 9.17) is 4.74 Å². The zero-order valence-corrected chi connectivity index (χ0v) is 12.5. The van der Waals surface area contributed by atoms with Crippen molar-refractivity contribution in [2.45, 2.75) is 39.2 Å². The summed E-state index contributed by atoms with van der Waals surface area (Å²) in [6, 6.07) is 7.48. The molecule has 1 aromatic carbocycles. The van der Waals surface area contributed by atoms with Gasteiger partial charge in [-0.25, -0.2) is 0 Å². The first kappa shape index (κ1) is 15.3. The molecule has 0 heterocycles. The van der Waals surface area contributed by atoms with Gasteiger partial charge in [0, 0.05) is 5.69 Å². The van der Waals surface area contributed by atoms with Crippen LogP contribution in [0, 0.1) is 12.8 Å². The van der Waals surface area contributed by atoms with E-state index in [-0.39, 0.29) is 17.8 Å². The first-order valence-corrected chi connectivity index (χ1v) is 7.28. The molecule has 0 unspecified atom stereocenters. The fourth-order valence-corrected chi connectivity index (χ4v) is 2.26. The van der Waals surface area contributed by atoms with Crippen LogP contribution in [0.2, 0.25) is 0 Å². The molecule has 4 heteroatoms. The van der Waals surface area contributed by atoms with E-state index in [9.17, 15) is 9.59 Å². The summed E-state index contributed by atoms with van der Waals surface area (Å²) in [5.74, 6) is -0.378. The van der Waals surface area contributed by atoms with E-state index < -0.39 is 6.10 Å². The topological polar surface area (TPSA) is 55.4 Å². The van der Waals surface area contributed by atoms with E-state index in [1.807, 2.05) is 37.3 Å². The van der Waals surface area contributed by atoms with Crippen LogP contribution in [0.5, 0.6) is 0 Å². The molecule has 1 aliphatic carbocycles. The number of esters is 1. The van der Waals surface area contributed by atoms with E-state index in [0.29, 0.717) is 12.1 Å². The van der Waals surface area contributed by atoms with Gasteiger partial charge < -0.3 is 10.1 Å². The number of ether oxygens (including phenoxy) is 1. The van der Waals surface area contributed by atoms with Gasteiger partial charge in [-0.15, -0.1) is 0 Å². The third-order valence-corrected chi connectivity index (χ3v) is 3.54. The summed E-state index contributed by atoms with van der Waals surface area (Å²) in [7, 11) is 0. The van der Waals surface area contributed by atoms with Gasteiger partial charge in [0.25, 0.3) is 5.91 Å². The molecule has 1 aliphatic rings. The molecule has 1 amide bonds. The van der Waals surface area contributed by atoms with Gasteiger partial charge in [-0.05, 0) is 44.7 Å². The van der Waals surface area contributed by atoms with E-state index in [2.05, 4.69) is 11.4 Å². The number of hydrogen-bond donors (Lipinski definition) is 1. The quantitative estimate of drug-likeness (QED) is 0.668. The van der Waals surface area contributed by atoms with Crippen LogP contribution in [0.15, 0.2) is 36.4 Å². The van der Waals surface area contributed by atoms with Crippen LogP contribution >= 0.6 is 0 Å². The molecule has 0 spiro atoms. The van der Waals surface area contributed by atoms with Gasteiger partial charge in [-0.2, -0.15) is 0 Å². The Morgan fingerprint density at radius 1 is 1.33 bits per heavy atom. The highest BCUT2D eigenvalue weighted by molar-refractivity contribution is 5.95. The first-order valence-electron chi connectivity index (χ1n) is 7.28. The third kappa shape index (κ3) is 4.74. The maximum Gasteiger partial charge on any atom is 0.307 e. The Labute approximate surface area is 125 Å². The number of amides is 1. The Morgan fingerprint density at radius 3 is 2.67 bits per heavy atom. The number of rotatable bonds is 5. The number of allylic oxidation sites excluding steroid dienone is 2. The van der Waals surface area contributed by atoms with Crippen LogP contribution in [0.4, 0.5) is 5.69 Å². The standard InChI is InChI=1S/C17H21NO3/c1-12-7-9-15(10-8-12)18-17(20)13(2)21-16(19)11-14-5-3-4-6-14/h3,5,7-10,13-14H,4,6,11H2,1-2H3,(H,18,20)/t13-,14+/m1/s1. The second kappa shape index (κ2) is 7.07. The minimum absolute atomic E-state index is 0.254. The summed E-state index contributed by atoms with van der Waals surface area (Å²) in [5.41, 5.74) is 1.82. The van der Waals surface area contributed by atoms with Crippen LogP contribution < -0.4 is 5.32 Å². The average Bonchev–Trinajstić information content (AvgIpc) is 2.94. The smallest absolute Gasteiger partial charge is 0.307 e. The van der Waals surface area contributed by atoms with Crippen LogP contribution in [0.25, 0.3) is 0 Å². The van der Waals surface area contributed by atoms with E-state index in [0.717, 1.165) is 18.4 Å². The molecule has 0 radical (unpaired) electrons. The van der Waals surface area contributed by atoms with E-state index in [1.165, 1.54) is 0 Å². The number of carbonyl (C=O) groups is 2. The van der Waals surface area contributed by atoms with Gasteiger partial charge in [-0.3, -0.25) is 9.59 Å². The summed E-state index contributed by atoms with van der Waals surface area (Å²) in [6.07, 6.45) is 5.67. The van der Waals surface area contributed by atoms with Crippen LogP contribution in [-0.4, -0.2) is 18.0 Å². The predicted molar refractivity (Wildman–Crippen MR) is 81.8 cm³/mol. The molecule has 2 atom stereocenters. The highest BCUT2D eigenvalue weighted by atomic mass is 16.5. The molecule has 0 bridgehead atoms. The number of carbonyl (C=O) groups excluding carboxylic acids is 2. The van der Waals surface area contributed by atoms with Gasteiger partial charge in [-0.1, -0.05) is 29.8 Å². The van der Waals surface area contributed by atoms with Crippen molar-refractivity contribution in [2.75, 3.05) is 5.32 Å². The van der Waals surface area contributed by atoms with Crippen molar-refractivity contribution >= 4 is 17.6 Å². The van der Waals surface area contributed by atoms with Crippen LogP contribution in [0.3, 0.4) is 0 Å². The molecule has 2 rings (SSSR count). The average molecular weight is 287 g/mol. The third-order valence-electron chi connectivity index (χ3n) is 3.54. The fraction of sp³-hybridized carbons (Fsp3) is 0.412. The van der Waals surface area contributed by atoms with Crippen molar-refractivity contribution in [1.82, 2.24) is 0 Å². The monoisotopic (exact) mass is 287 g/mol. The molecule has 21 heavy (non-hydrogen) atoms. The van der Waals surface area contributed by atoms with Gasteiger partial charge in [0.1, 0.15) is 0 Å². The SMILES string of the molecule is Cc1ccc(NC(=O)[C@@H](C)OC(=O)C[C@H]2C=CCC2)cc1. The molecular weight excluding hydrogens is 266 g/mol. The molecule has 0 saturated carbocycles. The number of hydrogen-bond acceptors (Lipinski definition) is 3. The molecule has 4 nitrogen and oxygen atoms in total. The number of anilines is 1. The lowest BCUT2D eigenvalue weighted by Crippen LogP contribution is -2.30. The normalized spacial score (nSPS) is 18.3. The van der Waals surface area contributed by atoms with Gasteiger partial charge in [0.2, 0.25) is 0 Å². The van der Waals surface area contributed by atoms with Crippen molar-refractivity contribution in [3.8, 4) is 0 Å². The lowest BCUT2D eigenvalue weighted by molar-refractivity contribution is -0.153. The lowest BCUT2D eigenvalue weighted by atomic mass is 10.1. The minimum atomic E-state index is -0.788. The second-order valence-corrected chi connectivity index (χ2v) is 5.46. The highest BCUT2D eigenvalue weighted by Gasteiger charge is 2.20. The highest BCUT2D eigenvalue weighted by Crippen LogP contribution is 2.21. The molecule has 1 N–H and O–H groups in total. The summed E-state index contributed by atoms with van der Waals surface area (Å²) < 4.78 is 5.19. The van der Waals surface area contributed by atoms with Crippen molar-refractivity contribution in [3.05, 3.63) is 42.0 Å². The Balaban J connectivity index is 1.80. The van der Waals surface area contributed by atoms with Gasteiger partial charge >= 0.3 is 5.97 Å². The summed E-state index contributed by atoms with van der Waals surface area (Å²) in [6.45, 7) is 3.57. The molecule has 0 aliphatic heterocycles. The van der Waals surface area contributed by atoms with Crippen molar-refractivity contribution in [2.24, 2.45) is 5.92 Å². The Kier molecular flexibility index (Phi) is 5.14. The largest absolute Gasteiger partial charge is 0.453 e. The zero-order chi connectivity index (χ0) is 15.2. The van der Waals surface area contributed by atoms with Crippen molar-refractivity contribution in [3.63, 3.8) is 0 Å². The van der Waals surface area contributed by atoms with E-state index >= 15 is 0 Å². The Bertz CT molecular complexity index is 533. The number of benzene rings is 1. The Morgan fingerprint density at radius 2 is 2.05 bits per heavy atom. The maximum atomic E-state index is 12.0. The van der Waals surface area contributed by atoms with Crippen molar-refractivity contribution < 1.29 is 14.3 Å². The molecule has 0 aromatic heterocycles. The summed E-state index contributed by atoms with van der Waals surface area (Å²) in [4.78, 5) is 23.7. The minimum Gasteiger partial charge on any atom is -0.453 e. The number of aryl methyl sites for hydroxylation is 1. The van der Waals surface area contributed by atoms with Crippen molar-refractivity contribution in [1.29, 1.82) is 0 Å². The van der Waals surface area contributed by atoms with E-state index in [1.54, 1.807) is 6.92 Å². The fourth-order valence-electron chi connectivity index (χ4n) is 2.26. The second-order valence-electron chi connectivity index (χ2n) is 5.46.